The molecule has 1 fully saturated rings. The van der Waals surface area contributed by atoms with Crippen LogP contribution in [0.1, 0.15) is 26.4 Å². The lowest BCUT2D eigenvalue weighted by molar-refractivity contribution is 0.0536. The minimum absolute atomic E-state index is 0.0770. The van der Waals surface area contributed by atoms with E-state index in [9.17, 15) is 14.0 Å². The maximum absolute atomic E-state index is 13.7. The topological polar surface area (TPSA) is 71.3 Å². The van der Waals surface area contributed by atoms with Gasteiger partial charge in [-0.2, -0.15) is 5.10 Å². The highest BCUT2D eigenvalue weighted by atomic mass is 35.5. The quantitative estimate of drug-likeness (QED) is 0.427. The van der Waals surface area contributed by atoms with Crippen LogP contribution in [-0.4, -0.2) is 62.6 Å². The molecule has 1 aliphatic heterocycles. The Balaban J connectivity index is 1.41. The minimum atomic E-state index is -0.494. The van der Waals surface area contributed by atoms with E-state index in [2.05, 4.69) is 5.10 Å². The van der Waals surface area contributed by atoms with Gasteiger partial charge in [-0.05, 0) is 31.2 Å². The van der Waals surface area contributed by atoms with Crippen LogP contribution in [0.5, 0.6) is 0 Å². The fourth-order valence-corrected chi connectivity index (χ4v) is 4.73. The van der Waals surface area contributed by atoms with Gasteiger partial charge >= 0.3 is 0 Å². The van der Waals surface area contributed by atoms with E-state index in [-0.39, 0.29) is 22.4 Å². The first-order valence-electron chi connectivity index (χ1n) is 11.3. The lowest BCUT2D eigenvalue weighted by Crippen LogP contribution is -2.50. The number of halogens is 2. The number of fused-ring (bicyclic) bond motifs is 1. The third-order valence-corrected chi connectivity index (χ3v) is 6.60. The van der Waals surface area contributed by atoms with Gasteiger partial charge in [-0.15, -0.1) is 0 Å². The smallest absolute Gasteiger partial charge is 0.255 e. The lowest BCUT2D eigenvalue weighted by Gasteiger charge is -2.35. The predicted molar refractivity (Wildman–Crippen MR) is 132 cm³/mol. The fraction of sp³-hybridized carbons (Fsp3) is 0.231. The van der Waals surface area contributed by atoms with Gasteiger partial charge in [-0.3, -0.25) is 14.3 Å². The Labute approximate surface area is 206 Å². The number of aryl methyl sites for hydroxylation is 2. The van der Waals surface area contributed by atoms with Gasteiger partial charge in [0.15, 0.2) is 5.65 Å². The molecule has 2 amide bonds. The molecule has 0 unspecified atom stereocenters. The Kier molecular flexibility index (Phi) is 5.98. The summed E-state index contributed by atoms with van der Waals surface area (Å²) in [5, 5.41) is 5.30. The normalized spacial score (nSPS) is 13.9. The number of nitrogens with zero attached hydrogens (tertiary/aromatic N) is 5. The van der Waals surface area contributed by atoms with Crippen molar-refractivity contribution in [2.75, 3.05) is 26.2 Å². The Morgan fingerprint density at radius 3 is 2.17 bits per heavy atom. The molecule has 9 heteroatoms. The van der Waals surface area contributed by atoms with E-state index in [4.69, 9.17) is 16.6 Å². The summed E-state index contributed by atoms with van der Waals surface area (Å²) in [6.45, 7) is 3.31. The summed E-state index contributed by atoms with van der Waals surface area (Å²) in [4.78, 5) is 34.7. The van der Waals surface area contributed by atoms with Crippen molar-refractivity contribution in [3.8, 4) is 11.3 Å². The molecule has 7 nitrogen and oxygen atoms in total. The molecule has 5 rings (SSSR count). The third kappa shape index (κ3) is 4.25. The number of rotatable bonds is 3. The van der Waals surface area contributed by atoms with Gasteiger partial charge in [-0.25, -0.2) is 9.37 Å². The molecule has 0 saturated carbocycles. The average molecular weight is 492 g/mol. The van der Waals surface area contributed by atoms with Gasteiger partial charge in [0.2, 0.25) is 0 Å². The van der Waals surface area contributed by atoms with Gasteiger partial charge in [0.05, 0.1) is 32.9 Å². The first-order valence-corrected chi connectivity index (χ1v) is 11.6. The lowest BCUT2D eigenvalue weighted by atomic mass is 10.0. The van der Waals surface area contributed by atoms with E-state index in [1.165, 1.54) is 12.1 Å². The van der Waals surface area contributed by atoms with Gasteiger partial charge in [0.1, 0.15) is 5.82 Å². The number of hydrogen-bond donors (Lipinski definition) is 0. The van der Waals surface area contributed by atoms with Crippen LogP contribution in [0.3, 0.4) is 0 Å². The highest BCUT2D eigenvalue weighted by Gasteiger charge is 2.29. The SMILES string of the molecule is Cc1nn(C)c2nc(-c3ccccc3)cc(C(=O)N3CCN(C(=O)c4ccc(F)cc4Cl)CC3)c12. The van der Waals surface area contributed by atoms with Crippen LogP contribution in [-0.2, 0) is 7.05 Å². The average Bonchev–Trinajstić information content (AvgIpc) is 3.16. The van der Waals surface area contributed by atoms with Gasteiger partial charge in [0, 0.05) is 38.8 Å². The van der Waals surface area contributed by atoms with Crippen LogP contribution in [0, 0.1) is 12.7 Å². The Hall–Kier alpha value is -3.78. The van der Waals surface area contributed by atoms with Crippen LogP contribution >= 0.6 is 11.6 Å². The molecule has 2 aromatic heterocycles. The number of piperazine rings is 1. The summed E-state index contributed by atoms with van der Waals surface area (Å²) < 4.78 is 15.1. The second-order valence-corrected chi connectivity index (χ2v) is 8.94. The van der Waals surface area contributed by atoms with Crippen molar-refractivity contribution < 1.29 is 14.0 Å². The van der Waals surface area contributed by atoms with Gasteiger partial charge < -0.3 is 9.80 Å². The molecule has 1 aliphatic rings. The molecule has 0 bridgehead atoms. The maximum Gasteiger partial charge on any atom is 0.255 e. The number of hydrogen-bond acceptors (Lipinski definition) is 4. The van der Waals surface area contributed by atoms with Crippen LogP contribution in [0.2, 0.25) is 5.02 Å². The molecule has 3 heterocycles. The molecule has 0 aliphatic carbocycles. The summed E-state index contributed by atoms with van der Waals surface area (Å²) in [5.74, 6) is -0.897. The molecule has 2 aromatic carbocycles. The summed E-state index contributed by atoms with van der Waals surface area (Å²) in [7, 11) is 1.82. The molecule has 0 radical (unpaired) electrons. The molecule has 35 heavy (non-hydrogen) atoms. The molecule has 0 spiro atoms. The minimum Gasteiger partial charge on any atom is -0.335 e. The number of carbonyl (C=O) groups is 2. The second kappa shape index (κ2) is 9.11. The Morgan fingerprint density at radius 2 is 1.54 bits per heavy atom. The Morgan fingerprint density at radius 1 is 0.914 bits per heavy atom. The molecular formula is C26H23ClFN5O2. The maximum atomic E-state index is 13.7. The zero-order chi connectivity index (χ0) is 24.7. The van der Waals surface area contributed by atoms with Crippen molar-refractivity contribution in [3.63, 3.8) is 0 Å². The summed E-state index contributed by atoms with van der Waals surface area (Å²) >= 11 is 6.07. The van der Waals surface area contributed by atoms with Crippen molar-refractivity contribution in [1.82, 2.24) is 24.6 Å². The van der Waals surface area contributed by atoms with Crippen LogP contribution < -0.4 is 0 Å². The van der Waals surface area contributed by atoms with Gasteiger partial charge in [-0.1, -0.05) is 41.9 Å². The van der Waals surface area contributed by atoms with E-state index in [1.807, 2.05) is 50.4 Å². The van der Waals surface area contributed by atoms with Gasteiger partial charge in [0.25, 0.3) is 11.8 Å². The highest BCUT2D eigenvalue weighted by Crippen LogP contribution is 2.28. The van der Waals surface area contributed by atoms with E-state index >= 15 is 0 Å². The van der Waals surface area contributed by atoms with E-state index in [0.29, 0.717) is 43.1 Å². The molecule has 0 atom stereocenters. The van der Waals surface area contributed by atoms with Crippen molar-refractivity contribution in [2.24, 2.45) is 7.05 Å². The van der Waals surface area contributed by atoms with Crippen molar-refractivity contribution >= 4 is 34.4 Å². The molecule has 0 N–H and O–H groups in total. The van der Waals surface area contributed by atoms with Crippen LogP contribution in [0.25, 0.3) is 22.3 Å². The van der Waals surface area contributed by atoms with E-state index < -0.39 is 5.82 Å². The standard InChI is InChI=1S/C26H23ClFN5O2/c1-16-23-20(15-22(17-6-4-3-5-7-17)29-24(23)31(2)30-16)26(35)33-12-10-32(11-13-33)25(34)19-9-8-18(28)14-21(19)27/h3-9,14-15H,10-13H2,1-2H3. The number of pyridine rings is 1. The zero-order valence-corrected chi connectivity index (χ0v) is 20.1. The van der Waals surface area contributed by atoms with Crippen LogP contribution in [0.4, 0.5) is 4.39 Å². The summed E-state index contributed by atoms with van der Waals surface area (Å²) in [6.07, 6.45) is 0. The summed E-state index contributed by atoms with van der Waals surface area (Å²) in [6, 6.07) is 15.3. The zero-order valence-electron chi connectivity index (χ0n) is 19.3. The molecule has 178 valence electrons. The van der Waals surface area contributed by atoms with E-state index in [0.717, 1.165) is 22.7 Å². The molecular weight excluding hydrogens is 469 g/mol. The number of amides is 2. The van der Waals surface area contributed by atoms with Crippen molar-refractivity contribution in [2.45, 2.75) is 6.92 Å². The van der Waals surface area contributed by atoms with Crippen molar-refractivity contribution in [1.29, 1.82) is 0 Å². The molecule has 4 aromatic rings. The van der Waals surface area contributed by atoms with E-state index in [1.54, 1.807) is 14.5 Å². The number of aromatic nitrogens is 3. The monoisotopic (exact) mass is 491 g/mol. The first-order chi connectivity index (χ1) is 16.8. The fourth-order valence-electron chi connectivity index (χ4n) is 4.49. The number of carbonyl (C=O) groups excluding carboxylic acids is 2. The molecule has 1 saturated heterocycles. The largest absolute Gasteiger partial charge is 0.335 e. The number of benzene rings is 2. The highest BCUT2D eigenvalue weighted by molar-refractivity contribution is 6.33. The summed E-state index contributed by atoms with van der Waals surface area (Å²) in [5.41, 5.74) is 3.78. The predicted octanol–water partition coefficient (Wildman–Crippen LogP) is 4.33. The van der Waals surface area contributed by atoms with Crippen molar-refractivity contribution in [3.05, 3.63) is 82.3 Å². The van der Waals surface area contributed by atoms with Crippen LogP contribution in [0.15, 0.2) is 54.6 Å². The third-order valence-electron chi connectivity index (χ3n) is 6.28. The second-order valence-electron chi connectivity index (χ2n) is 8.54. The first kappa shape index (κ1) is 23.0. The Bertz CT molecular complexity index is 1450.